The number of aromatic nitrogens is 1. The van der Waals surface area contributed by atoms with Crippen molar-refractivity contribution in [1.29, 1.82) is 0 Å². The predicted octanol–water partition coefficient (Wildman–Crippen LogP) is 3.87. The summed E-state index contributed by atoms with van der Waals surface area (Å²) in [4.78, 5) is 53.7. The maximum atomic E-state index is 12.7. The van der Waals surface area contributed by atoms with E-state index in [0.29, 0.717) is 22.4 Å². The van der Waals surface area contributed by atoms with Crippen molar-refractivity contribution in [3.63, 3.8) is 0 Å². The Balaban J connectivity index is 1.99. The molecule has 0 amide bonds. The van der Waals surface area contributed by atoms with Gasteiger partial charge in [0, 0.05) is 27.4 Å². The average Bonchev–Trinajstić information content (AvgIpc) is 3.16. The molecule has 0 spiro atoms. The number of carbonyl (C=O) groups is 4. The summed E-state index contributed by atoms with van der Waals surface area (Å²) < 4.78 is 9.93. The lowest BCUT2D eigenvalue weighted by molar-refractivity contribution is -0.146. The van der Waals surface area contributed by atoms with Crippen molar-refractivity contribution in [2.24, 2.45) is 0 Å². The Bertz CT molecular complexity index is 968. The van der Waals surface area contributed by atoms with Gasteiger partial charge in [0.05, 0.1) is 24.8 Å². The van der Waals surface area contributed by atoms with E-state index in [9.17, 15) is 19.2 Å². The topological polar surface area (TPSA) is 103 Å². The van der Waals surface area contributed by atoms with Gasteiger partial charge >= 0.3 is 11.9 Å². The van der Waals surface area contributed by atoms with Crippen LogP contribution < -0.4 is 0 Å². The zero-order chi connectivity index (χ0) is 21.9. The molecule has 0 aliphatic heterocycles. The number of hydrogen-bond acceptors (Lipinski definition) is 7. The Hall–Kier alpha value is -2.74. The SMILES string of the molecule is COC(=O)c1c(C)[nH]c(C(=O)[C@@H](C)OC(=O)CCC(=O)c2cc(C)sc2C)c1C. The lowest BCUT2D eigenvalue weighted by atomic mass is 10.1. The molecule has 0 radical (unpaired) electrons. The van der Waals surface area contributed by atoms with Crippen molar-refractivity contribution < 1.29 is 28.7 Å². The van der Waals surface area contributed by atoms with Crippen molar-refractivity contribution in [3.05, 3.63) is 43.9 Å². The van der Waals surface area contributed by atoms with Gasteiger partial charge < -0.3 is 14.5 Å². The Kier molecular flexibility index (Phi) is 7.13. The number of Topliss-reactive ketones (excluding diaryl/α,β-unsaturated/α-hetero) is 2. The van der Waals surface area contributed by atoms with E-state index in [1.54, 1.807) is 13.8 Å². The first-order valence-electron chi connectivity index (χ1n) is 9.18. The largest absolute Gasteiger partial charge is 0.465 e. The molecule has 0 aromatic carbocycles. The maximum absolute atomic E-state index is 12.7. The molecule has 29 heavy (non-hydrogen) atoms. The van der Waals surface area contributed by atoms with Gasteiger partial charge in [-0.05, 0) is 46.2 Å². The van der Waals surface area contributed by atoms with Gasteiger partial charge in [0.15, 0.2) is 11.9 Å². The molecule has 0 saturated heterocycles. The summed E-state index contributed by atoms with van der Waals surface area (Å²) in [5.41, 5.74) is 2.06. The highest BCUT2D eigenvalue weighted by Gasteiger charge is 2.27. The summed E-state index contributed by atoms with van der Waals surface area (Å²) in [5.74, 6) is -1.75. The van der Waals surface area contributed by atoms with Crippen LogP contribution in [0.2, 0.25) is 0 Å². The molecule has 0 bridgehead atoms. The van der Waals surface area contributed by atoms with E-state index in [2.05, 4.69) is 4.98 Å². The molecule has 0 aliphatic carbocycles. The molecule has 2 heterocycles. The van der Waals surface area contributed by atoms with Crippen LogP contribution in [-0.4, -0.2) is 41.7 Å². The van der Waals surface area contributed by atoms with Gasteiger partial charge in [-0.1, -0.05) is 0 Å². The summed E-state index contributed by atoms with van der Waals surface area (Å²) in [6.07, 6.45) is -1.14. The number of nitrogens with one attached hydrogen (secondary N) is 1. The summed E-state index contributed by atoms with van der Waals surface area (Å²) in [6.45, 7) is 8.54. The molecule has 0 unspecified atom stereocenters. The second-order valence-electron chi connectivity index (χ2n) is 6.86. The molecule has 8 heteroatoms. The number of hydrogen-bond donors (Lipinski definition) is 1. The number of rotatable bonds is 8. The van der Waals surface area contributed by atoms with E-state index < -0.39 is 23.8 Å². The zero-order valence-corrected chi connectivity index (χ0v) is 18.2. The summed E-state index contributed by atoms with van der Waals surface area (Å²) in [7, 11) is 1.26. The van der Waals surface area contributed by atoms with Crippen LogP contribution in [0.1, 0.15) is 72.0 Å². The van der Waals surface area contributed by atoms with E-state index in [4.69, 9.17) is 9.47 Å². The molecule has 1 atom stereocenters. The smallest absolute Gasteiger partial charge is 0.339 e. The number of ketones is 2. The highest BCUT2D eigenvalue weighted by atomic mass is 32.1. The molecular formula is C21H25NO6S. The monoisotopic (exact) mass is 419 g/mol. The quantitative estimate of drug-likeness (QED) is 0.515. The minimum Gasteiger partial charge on any atom is -0.465 e. The summed E-state index contributed by atoms with van der Waals surface area (Å²) in [6, 6.07) is 1.81. The Morgan fingerprint density at radius 1 is 1.10 bits per heavy atom. The molecule has 0 saturated carbocycles. The number of thiophene rings is 1. The van der Waals surface area contributed by atoms with Crippen LogP contribution in [0.5, 0.6) is 0 Å². The first-order valence-corrected chi connectivity index (χ1v) is 9.99. The number of methoxy groups -OCH3 is 1. The van der Waals surface area contributed by atoms with Crippen molar-refractivity contribution in [2.45, 2.75) is 53.6 Å². The molecule has 2 aromatic heterocycles. The Morgan fingerprint density at radius 3 is 2.31 bits per heavy atom. The summed E-state index contributed by atoms with van der Waals surface area (Å²) in [5, 5.41) is 0. The van der Waals surface area contributed by atoms with Crippen LogP contribution in [0.25, 0.3) is 0 Å². The number of ether oxygens (including phenoxy) is 2. The highest BCUT2D eigenvalue weighted by Crippen LogP contribution is 2.23. The number of H-pyrrole nitrogens is 1. The first kappa shape index (κ1) is 22.5. The van der Waals surface area contributed by atoms with E-state index >= 15 is 0 Å². The minimum atomic E-state index is -1.05. The molecule has 2 rings (SSSR count). The molecule has 7 nitrogen and oxygen atoms in total. The van der Waals surface area contributed by atoms with Crippen molar-refractivity contribution in [3.8, 4) is 0 Å². The van der Waals surface area contributed by atoms with Gasteiger partial charge in [-0.2, -0.15) is 0 Å². The molecule has 156 valence electrons. The number of esters is 2. The van der Waals surface area contributed by atoms with Crippen LogP contribution in [-0.2, 0) is 14.3 Å². The van der Waals surface area contributed by atoms with E-state index in [-0.39, 0.29) is 24.3 Å². The first-order chi connectivity index (χ1) is 13.6. The molecule has 2 aromatic rings. The summed E-state index contributed by atoms with van der Waals surface area (Å²) >= 11 is 1.53. The molecule has 0 aliphatic rings. The standard InChI is InChI=1S/C21H25NO6S/c1-10-9-15(14(5)29-10)16(23)7-8-17(24)28-13(4)20(25)19-11(2)18(12(3)22-19)21(26)27-6/h9,13,22H,7-8H2,1-6H3/t13-/m1/s1. The van der Waals surface area contributed by atoms with Gasteiger partial charge in [-0.15, -0.1) is 11.3 Å². The van der Waals surface area contributed by atoms with Crippen molar-refractivity contribution in [2.75, 3.05) is 7.11 Å². The number of aryl methyl sites for hydroxylation is 3. The van der Waals surface area contributed by atoms with Crippen molar-refractivity contribution >= 4 is 34.8 Å². The fraction of sp³-hybridized carbons (Fsp3) is 0.429. The lowest BCUT2D eigenvalue weighted by Gasteiger charge is -2.12. The number of carbonyl (C=O) groups excluding carboxylic acids is 4. The van der Waals surface area contributed by atoms with Gasteiger partial charge in [-0.25, -0.2) is 4.79 Å². The fourth-order valence-corrected chi connectivity index (χ4v) is 4.12. The van der Waals surface area contributed by atoms with Crippen molar-refractivity contribution in [1.82, 2.24) is 4.98 Å². The van der Waals surface area contributed by atoms with Gasteiger partial charge in [0.2, 0.25) is 5.78 Å². The van der Waals surface area contributed by atoms with Gasteiger partial charge in [0.25, 0.3) is 0 Å². The fourth-order valence-electron chi connectivity index (χ4n) is 3.18. The number of aromatic amines is 1. The Labute approximate surface area is 173 Å². The van der Waals surface area contributed by atoms with E-state index in [1.807, 2.05) is 19.9 Å². The molecule has 0 fully saturated rings. The second-order valence-corrected chi connectivity index (χ2v) is 8.32. The third kappa shape index (κ3) is 5.00. The highest BCUT2D eigenvalue weighted by molar-refractivity contribution is 7.12. The Morgan fingerprint density at radius 2 is 1.76 bits per heavy atom. The van der Waals surface area contributed by atoms with Crippen LogP contribution in [0.3, 0.4) is 0 Å². The normalized spacial score (nSPS) is 11.8. The van der Waals surface area contributed by atoms with E-state index in [0.717, 1.165) is 9.75 Å². The van der Waals surface area contributed by atoms with Crippen LogP contribution >= 0.6 is 11.3 Å². The minimum absolute atomic E-state index is 0.0177. The molecular weight excluding hydrogens is 394 g/mol. The van der Waals surface area contributed by atoms with E-state index in [1.165, 1.54) is 25.4 Å². The maximum Gasteiger partial charge on any atom is 0.339 e. The molecule has 1 N–H and O–H groups in total. The van der Waals surface area contributed by atoms with Crippen LogP contribution in [0.15, 0.2) is 6.07 Å². The van der Waals surface area contributed by atoms with Gasteiger partial charge in [-0.3, -0.25) is 14.4 Å². The van der Waals surface area contributed by atoms with Crippen LogP contribution in [0, 0.1) is 27.7 Å². The van der Waals surface area contributed by atoms with Crippen LogP contribution in [0.4, 0.5) is 0 Å². The lowest BCUT2D eigenvalue weighted by Crippen LogP contribution is -2.25. The second kappa shape index (κ2) is 9.17. The average molecular weight is 419 g/mol. The van der Waals surface area contributed by atoms with Gasteiger partial charge in [0.1, 0.15) is 0 Å². The predicted molar refractivity (Wildman–Crippen MR) is 109 cm³/mol. The zero-order valence-electron chi connectivity index (χ0n) is 17.4. The third-order valence-electron chi connectivity index (χ3n) is 4.65. The third-order valence-corrected chi connectivity index (χ3v) is 5.61.